The number of non-ortho nitro benzene ring substituents is 1. The summed E-state index contributed by atoms with van der Waals surface area (Å²) in [7, 11) is 1.74. The van der Waals surface area contributed by atoms with Gasteiger partial charge >= 0.3 is 0 Å². The summed E-state index contributed by atoms with van der Waals surface area (Å²) < 4.78 is 8.36. The maximum atomic E-state index is 10.8. The third-order valence-electron chi connectivity index (χ3n) is 2.89. The highest BCUT2D eigenvalue weighted by molar-refractivity contribution is 9.11. The van der Waals surface area contributed by atoms with Crippen molar-refractivity contribution in [1.29, 1.82) is 0 Å². The molecule has 2 N–H and O–H groups in total. The van der Waals surface area contributed by atoms with Crippen LogP contribution in [-0.2, 0) is 13.6 Å². The second-order valence-corrected chi connectivity index (χ2v) is 6.00. The molecule has 0 atom stereocenters. The van der Waals surface area contributed by atoms with Gasteiger partial charge in [-0.05, 0) is 38.8 Å². The second-order valence-electron chi connectivity index (χ2n) is 4.29. The monoisotopic (exact) mass is 418 g/mol. The Balaban J connectivity index is 2.48. The lowest BCUT2D eigenvalue weighted by Crippen LogP contribution is -2.02. The quantitative estimate of drug-likeness (QED) is 0.604. The van der Waals surface area contributed by atoms with E-state index >= 15 is 0 Å². The molecule has 0 amide bonds. The smallest absolute Gasteiger partial charge is 0.271 e. The lowest BCUT2D eigenvalue weighted by atomic mass is 10.2. The van der Waals surface area contributed by atoms with Crippen LogP contribution < -0.4 is 10.5 Å². The highest BCUT2D eigenvalue weighted by atomic mass is 79.9. The number of nitro benzene ring substituents is 1. The van der Waals surface area contributed by atoms with E-state index in [1.807, 2.05) is 6.92 Å². The standard InChI is InChI=1S/C12H12Br2N4O3/c1-6-8(5-15)12(17(2)16-6)21-11-9(13)3-7(18(19)20)4-10(11)14/h3-4H,5,15H2,1-2H3. The fraction of sp³-hybridized carbons (Fsp3) is 0.250. The lowest BCUT2D eigenvalue weighted by Gasteiger charge is -2.11. The molecule has 2 rings (SSSR count). The van der Waals surface area contributed by atoms with Crippen LogP contribution in [-0.4, -0.2) is 14.7 Å². The Labute approximate surface area is 137 Å². The van der Waals surface area contributed by atoms with Gasteiger partial charge in [0.1, 0.15) is 0 Å². The molecule has 0 unspecified atom stereocenters. The molecule has 0 bridgehead atoms. The predicted octanol–water partition coefficient (Wildman–Crippen LogP) is 3.41. The highest BCUT2D eigenvalue weighted by Crippen LogP contribution is 2.40. The van der Waals surface area contributed by atoms with Crippen LogP contribution in [0.4, 0.5) is 5.69 Å². The summed E-state index contributed by atoms with van der Waals surface area (Å²) in [6.07, 6.45) is 0. The fourth-order valence-corrected chi connectivity index (χ4v) is 3.21. The van der Waals surface area contributed by atoms with E-state index in [2.05, 4.69) is 37.0 Å². The van der Waals surface area contributed by atoms with E-state index in [1.54, 1.807) is 11.7 Å². The van der Waals surface area contributed by atoms with Crippen molar-refractivity contribution in [1.82, 2.24) is 9.78 Å². The molecule has 0 radical (unpaired) electrons. The van der Waals surface area contributed by atoms with Gasteiger partial charge in [-0.15, -0.1) is 0 Å². The molecule has 0 fully saturated rings. The molecule has 0 aliphatic rings. The number of ether oxygens (including phenoxy) is 1. The van der Waals surface area contributed by atoms with E-state index in [9.17, 15) is 10.1 Å². The van der Waals surface area contributed by atoms with E-state index in [0.29, 0.717) is 20.6 Å². The van der Waals surface area contributed by atoms with E-state index < -0.39 is 4.92 Å². The fourth-order valence-electron chi connectivity index (χ4n) is 1.89. The number of hydrogen-bond acceptors (Lipinski definition) is 5. The van der Waals surface area contributed by atoms with Crippen LogP contribution in [0, 0.1) is 17.0 Å². The van der Waals surface area contributed by atoms with Crippen molar-refractivity contribution in [2.24, 2.45) is 12.8 Å². The second kappa shape index (κ2) is 6.12. The zero-order valence-electron chi connectivity index (χ0n) is 11.3. The molecule has 0 saturated heterocycles. The van der Waals surface area contributed by atoms with Gasteiger partial charge in [-0.3, -0.25) is 10.1 Å². The maximum Gasteiger partial charge on any atom is 0.271 e. The first-order valence-corrected chi connectivity index (χ1v) is 7.47. The summed E-state index contributed by atoms with van der Waals surface area (Å²) in [6.45, 7) is 2.13. The van der Waals surface area contributed by atoms with E-state index in [0.717, 1.165) is 11.3 Å². The lowest BCUT2D eigenvalue weighted by molar-refractivity contribution is -0.385. The van der Waals surface area contributed by atoms with Crippen molar-refractivity contribution in [3.05, 3.63) is 42.4 Å². The number of benzene rings is 1. The summed E-state index contributed by atoms with van der Waals surface area (Å²) in [5, 5.41) is 15.1. The summed E-state index contributed by atoms with van der Waals surface area (Å²) in [6, 6.07) is 2.76. The molecule has 0 aliphatic heterocycles. The number of aromatic nitrogens is 2. The minimum atomic E-state index is -0.473. The Kier molecular flexibility index (Phi) is 4.64. The van der Waals surface area contributed by atoms with E-state index in [-0.39, 0.29) is 12.2 Å². The number of nitro groups is 1. The van der Waals surface area contributed by atoms with Crippen LogP contribution in [0.3, 0.4) is 0 Å². The van der Waals surface area contributed by atoms with Crippen LogP contribution in [0.1, 0.15) is 11.3 Å². The Hall–Kier alpha value is -1.45. The minimum absolute atomic E-state index is 0.0404. The van der Waals surface area contributed by atoms with Crippen molar-refractivity contribution in [2.75, 3.05) is 0 Å². The molecule has 9 heteroatoms. The van der Waals surface area contributed by atoms with E-state index in [1.165, 1.54) is 12.1 Å². The minimum Gasteiger partial charge on any atom is -0.437 e. The van der Waals surface area contributed by atoms with Gasteiger partial charge in [0.25, 0.3) is 5.69 Å². The van der Waals surface area contributed by atoms with E-state index in [4.69, 9.17) is 10.5 Å². The first-order valence-electron chi connectivity index (χ1n) is 5.89. The SMILES string of the molecule is Cc1nn(C)c(Oc2c(Br)cc([N+](=O)[O-])cc2Br)c1CN. The number of nitrogens with zero attached hydrogens (tertiary/aromatic N) is 3. The molecule has 1 aromatic heterocycles. The number of halogens is 2. The Bertz CT molecular complexity index is 692. The van der Waals surface area contributed by atoms with Crippen molar-refractivity contribution in [3.63, 3.8) is 0 Å². The van der Waals surface area contributed by atoms with Crippen LogP contribution in [0.25, 0.3) is 0 Å². The third kappa shape index (κ3) is 3.09. The number of hydrogen-bond donors (Lipinski definition) is 1. The van der Waals surface area contributed by atoms with Crippen molar-refractivity contribution in [2.45, 2.75) is 13.5 Å². The summed E-state index contributed by atoms with van der Waals surface area (Å²) in [5.74, 6) is 0.934. The molecular weight excluding hydrogens is 408 g/mol. The first kappa shape index (κ1) is 15.9. The predicted molar refractivity (Wildman–Crippen MR) is 84.4 cm³/mol. The van der Waals surface area contributed by atoms with Gasteiger partial charge in [0.2, 0.25) is 5.88 Å². The van der Waals surface area contributed by atoms with Crippen molar-refractivity contribution in [3.8, 4) is 11.6 Å². The number of rotatable bonds is 4. The van der Waals surface area contributed by atoms with Gasteiger partial charge in [0, 0.05) is 25.7 Å². The number of aryl methyl sites for hydroxylation is 2. The Morgan fingerprint density at radius 2 is 2.00 bits per heavy atom. The molecule has 21 heavy (non-hydrogen) atoms. The average Bonchev–Trinajstić information content (AvgIpc) is 2.67. The van der Waals surface area contributed by atoms with Gasteiger partial charge in [-0.25, -0.2) is 4.68 Å². The van der Waals surface area contributed by atoms with Crippen LogP contribution >= 0.6 is 31.9 Å². The van der Waals surface area contributed by atoms with Crippen molar-refractivity contribution < 1.29 is 9.66 Å². The molecule has 112 valence electrons. The summed E-state index contributed by atoms with van der Waals surface area (Å²) >= 11 is 6.56. The molecule has 0 spiro atoms. The normalized spacial score (nSPS) is 10.7. The zero-order valence-corrected chi connectivity index (χ0v) is 14.4. The van der Waals surface area contributed by atoms with Crippen LogP contribution in [0.5, 0.6) is 11.6 Å². The molecule has 0 aliphatic carbocycles. The summed E-state index contributed by atoms with van der Waals surface area (Å²) in [4.78, 5) is 10.4. The highest BCUT2D eigenvalue weighted by Gasteiger charge is 2.20. The molecule has 7 nitrogen and oxygen atoms in total. The van der Waals surface area contributed by atoms with Gasteiger partial charge < -0.3 is 10.5 Å². The van der Waals surface area contributed by atoms with Gasteiger partial charge in [0.05, 0.1) is 25.1 Å². The Morgan fingerprint density at radius 1 is 1.43 bits per heavy atom. The largest absolute Gasteiger partial charge is 0.437 e. The summed E-state index contributed by atoms with van der Waals surface area (Å²) in [5.41, 5.74) is 7.24. The maximum absolute atomic E-state index is 10.8. The molecule has 1 aromatic carbocycles. The number of nitrogens with two attached hydrogens (primary N) is 1. The average molecular weight is 420 g/mol. The first-order chi connectivity index (χ1) is 9.85. The third-order valence-corrected chi connectivity index (χ3v) is 4.06. The Morgan fingerprint density at radius 3 is 2.48 bits per heavy atom. The van der Waals surface area contributed by atoms with Gasteiger partial charge in [0.15, 0.2) is 5.75 Å². The molecule has 1 heterocycles. The van der Waals surface area contributed by atoms with Gasteiger partial charge in [-0.1, -0.05) is 0 Å². The molecule has 2 aromatic rings. The van der Waals surface area contributed by atoms with Crippen LogP contribution in [0.2, 0.25) is 0 Å². The molecule has 0 saturated carbocycles. The van der Waals surface area contributed by atoms with Crippen molar-refractivity contribution >= 4 is 37.5 Å². The van der Waals surface area contributed by atoms with Gasteiger partial charge in [-0.2, -0.15) is 5.10 Å². The van der Waals surface area contributed by atoms with Crippen LogP contribution in [0.15, 0.2) is 21.1 Å². The molecular formula is C12H12Br2N4O3. The zero-order chi connectivity index (χ0) is 15.7. The topological polar surface area (TPSA) is 96.2 Å².